The molecule has 7 atom stereocenters. The quantitative estimate of drug-likeness (QED) is 0.117. The summed E-state index contributed by atoms with van der Waals surface area (Å²) in [6, 6.07) is 3.62. The maximum absolute atomic E-state index is 14.8. The summed E-state index contributed by atoms with van der Waals surface area (Å²) in [6.07, 6.45) is 8.11. The van der Waals surface area contributed by atoms with Gasteiger partial charge < -0.3 is 45.3 Å². The summed E-state index contributed by atoms with van der Waals surface area (Å²) in [5.41, 5.74) is 0.302. The Hall–Kier alpha value is -2.93. The van der Waals surface area contributed by atoms with Crippen molar-refractivity contribution in [2.24, 2.45) is 17.3 Å². The lowest BCUT2D eigenvalue weighted by Gasteiger charge is -2.49. The van der Waals surface area contributed by atoms with Crippen LogP contribution in [-0.4, -0.2) is 94.5 Å². The number of benzene rings is 1. The SMILES string of the molecule is CC(=O)OC(CC(OC(=O)C12CCCCC1CCC(=O)N2)C1(Cc2ccc(O)c3c2CCCO3)CCNCC1)C(CCC(C)O)CCC(O)CCCO. The van der Waals surface area contributed by atoms with Crippen LogP contribution in [0.25, 0.3) is 0 Å². The monoisotopic (exact) mass is 744 g/mol. The number of hydrogen-bond acceptors (Lipinski definition) is 11. The second-order valence-corrected chi connectivity index (χ2v) is 16.4. The van der Waals surface area contributed by atoms with Gasteiger partial charge in [-0.3, -0.25) is 9.59 Å². The van der Waals surface area contributed by atoms with E-state index in [1.54, 1.807) is 13.0 Å². The van der Waals surface area contributed by atoms with Gasteiger partial charge in [0.25, 0.3) is 0 Å². The molecule has 12 nitrogen and oxygen atoms in total. The molecular weight excluding hydrogens is 680 g/mol. The smallest absolute Gasteiger partial charge is 0.332 e. The summed E-state index contributed by atoms with van der Waals surface area (Å²) in [5, 5.41) is 47.7. The van der Waals surface area contributed by atoms with Crippen molar-refractivity contribution in [1.29, 1.82) is 0 Å². The van der Waals surface area contributed by atoms with Gasteiger partial charge in [0, 0.05) is 37.4 Å². The first kappa shape index (κ1) is 41.2. The highest BCUT2D eigenvalue weighted by Crippen LogP contribution is 2.47. The summed E-state index contributed by atoms with van der Waals surface area (Å²) < 4.78 is 19.0. The van der Waals surface area contributed by atoms with Gasteiger partial charge in [-0.05, 0) is 133 Å². The highest BCUT2D eigenvalue weighted by Gasteiger charge is 2.54. The van der Waals surface area contributed by atoms with E-state index in [-0.39, 0.29) is 36.5 Å². The third kappa shape index (κ3) is 10.4. The Kier molecular flexibility index (Phi) is 14.9. The van der Waals surface area contributed by atoms with E-state index in [1.165, 1.54) is 6.92 Å². The third-order valence-corrected chi connectivity index (χ3v) is 12.6. The third-order valence-electron chi connectivity index (χ3n) is 12.6. The highest BCUT2D eigenvalue weighted by molar-refractivity contribution is 5.90. The molecule has 7 unspecified atom stereocenters. The molecular formula is C41H64N2O10. The molecule has 1 amide bonds. The van der Waals surface area contributed by atoms with Crippen LogP contribution in [-0.2, 0) is 36.7 Å². The van der Waals surface area contributed by atoms with E-state index in [0.717, 1.165) is 43.2 Å². The van der Waals surface area contributed by atoms with Crippen LogP contribution >= 0.6 is 0 Å². The van der Waals surface area contributed by atoms with Crippen LogP contribution < -0.4 is 15.4 Å². The molecule has 5 rings (SSSR count). The zero-order chi connectivity index (χ0) is 38.0. The van der Waals surface area contributed by atoms with Gasteiger partial charge in [-0.1, -0.05) is 18.9 Å². The van der Waals surface area contributed by atoms with Gasteiger partial charge in [-0.15, -0.1) is 0 Å². The number of piperidine rings is 2. The van der Waals surface area contributed by atoms with Crippen molar-refractivity contribution in [2.75, 3.05) is 26.3 Å². The Morgan fingerprint density at radius 1 is 0.981 bits per heavy atom. The molecule has 3 heterocycles. The number of ether oxygens (including phenoxy) is 3. The number of amides is 1. The van der Waals surface area contributed by atoms with Gasteiger partial charge in [0.15, 0.2) is 11.5 Å². The average molecular weight is 745 g/mol. The molecule has 1 saturated carbocycles. The maximum Gasteiger partial charge on any atom is 0.332 e. The molecule has 2 saturated heterocycles. The number of fused-ring (bicyclic) bond motifs is 2. The molecule has 3 fully saturated rings. The Morgan fingerprint density at radius 3 is 2.49 bits per heavy atom. The summed E-state index contributed by atoms with van der Waals surface area (Å²) in [7, 11) is 0. The predicted molar refractivity (Wildman–Crippen MR) is 198 cm³/mol. The fourth-order valence-electron chi connectivity index (χ4n) is 9.60. The molecule has 3 aliphatic heterocycles. The van der Waals surface area contributed by atoms with Crippen LogP contribution in [0.5, 0.6) is 11.5 Å². The summed E-state index contributed by atoms with van der Waals surface area (Å²) in [6.45, 7) is 5.00. The van der Waals surface area contributed by atoms with Gasteiger partial charge in [-0.25, -0.2) is 4.79 Å². The first-order chi connectivity index (χ1) is 25.5. The highest BCUT2D eigenvalue weighted by atomic mass is 16.6. The van der Waals surface area contributed by atoms with E-state index in [4.69, 9.17) is 14.2 Å². The normalized spacial score (nSPS) is 25.3. The van der Waals surface area contributed by atoms with E-state index in [0.29, 0.717) is 102 Å². The van der Waals surface area contributed by atoms with E-state index in [1.807, 2.05) is 6.07 Å². The summed E-state index contributed by atoms with van der Waals surface area (Å²) >= 11 is 0. The Labute approximate surface area is 314 Å². The van der Waals surface area contributed by atoms with Gasteiger partial charge in [0.1, 0.15) is 17.7 Å². The minimum absolute atomic E-state index is 0.0122. The minimum atomic E-state index is -1.11. The number of hydrogen-bond donors (Lipinski definition) is 6. The van der Waals surface area contributed by atoms with Gasteiger partial charge in [-0.2, -0.15) is 0 Å². The fraction of sp³-hybridized carbons (Fsp3) is 0.780. The maximum atomic E-state index is 14.8. The van der Waals surface area contributed by atoms with Crippen molar-refractivity contribution >= 4 is 17.8 Å². The Balaban J connectivity index is 1.55. The standard InChI is InChI=1S/C41H64N2O10/c1-27(45)10-11-29(12-15-32(47)8-5-23-44)35(52-28(2)46)25-36(53-39(50)41-18-4-3-7-31(41)14-17-37(49)43-41)40(19-21-42-22-20-40)26-30-13-16-34(48)38-33(30)9-6-24-51-38/h13,16,27,29,31-32,35-36,42,44-45,47-48H,3-12,14-15,17-26H2,1-2H3,(H,43,49). The largest absolute Gasteiger partial charge is 0.504 e. The van der Waals surface area contributed by atoms with Crippen LogP contribution in [0.1, 0.15) is 128 Å². The number of phenols is 1. The molecule has 1 aliphatic carbocycles. The number of aromatic hydroxyl groups is 1. The van der Waals surface area contributed by atoms with Crippen molar-refractivity contribution in [3.05, 3.63) is 23.3 Å². The van der Waals surface area contributed by atoms with Gasteiger partial charge in [0.05, 0.1) is 18.8 Å². The lowest BCUT2D eigenvalue weighted by atomic mass is 9.66. The molecule has 53 heavy (non-hydrogen) atoms. The topological polar surface area (TPSA) is 184 Å². The zero-order valence-corrected chi connectivity index (χ0v) is 31.9. The van der Waals surface area contributed by atoms with Crippen LogP contribution in [0, 0.1) is 17.3 Å². The molecule has 0 spiro atoms. The van der Waals surface area contributed by atoms with Gasteiger partial charge >= 0.3 is 11.9 Å². The van der Waals surface area contributed by atoms with Crippen LogP contribution in [0.15, 0.2) is 12.1 Å². The molecule has 0 radical (unpaired) electrons. The van der Waals surface area contributed by atoms with Crippen molar-refractivity contribution in [3.63, 3.8) is 0 Å². The number of aliphatic hydroxyl groups excluding tert-OH is 3. The fourth-order valence-corrected chi connectivity index (χ4v) is 9.60. The van der Waals surface area contributed by atoms with Crippen LogP contribution in [0.4, 0.5) is 0 Å². The molecule has 6 N–H and O–H groups in total. The number of aliphatic hydroxyl groups is 3. The van der Waals surface area contributed by atoms with E-state index in [9.17, 15) is 34.8 Å². The van der Waals surface area contributed by atoms with E-state index < -0.39 is 47.3 Å². The van der Waals surface area contributed by atoms with Crippen LogP contribution in [0.2, 0.25) is 0 Å². The lowest BCUT2D eigenvalue weighted by molar-refractivity contribution is -0.179. The number of nitrogens with one attached hydrogen (secondary N) is 2. The van der Waals surface area contributed by atoms with Crippen molar-refractivity contribution in [1.82, 2.24) is 10.6 Å². The van der Waals surface area contributed by atoms with E-state index in [2.05, 4.69) is 10.6 Å². The summed E-state index contributed by atoms with van der Waals surface area (Å²) in [4.78, 5) is 40.6. The second-order valence-electron chi connectivity index (χ2n) is 16.4. The molecule has 1 aromatic carbocycles. The first-order valence-electron chi connectivity index (χ1n) is 20.3. The zero-order valence-electron chi connectivity index (χ0n) is 31.9. The predicted octanol–water partition coefficient (Wildman–Crippen LogP) is 4.39. The number of phenolic OH excluding ortho intramolecular Hbond substituents is 1. The Morgan fingerprint density at radius 2 is 1.75 bits per heavy atom. The number of esters is 2. The van der Waals surface area contributed by atoms with Crippen molar-refractivity contribution in [2.45, 2.75) is 159 Å². The number of rotatable bonds is 18. The van der Waals surface area contributed by atoms with Crippen LogP contribution in [0.3, 0.4) is 0 Å². The van der Waals surface area contributed by atoms with Gasteiger partial charge in [0.2, 0.25) is 5.91 Å². The molecule has 0 aromatic heterocycles. The lowest BCUT2D eigenvalue weighted by Crippen LogP contribution is -2.65. The Bertz CT molecular complexity index is 1380. The number of carbonyl (C=O) groups is 3. The van der Waals surface area contributed by atoms with Crippen molar-refractivity contribution in [3.8, 4) is 11.5 Å². The average Bonchev–Trinajstić information content (AvgIpc) is 3.14. The molecule has 298 valence electrons. The molecule has 12 heteroatoms. The number of carbonyl (C=O) groups excluding carboxylic acids is 3. The molecule has 4 aliphatic rings. The van der Waals surface area contributed by atoms with E-state index >= 15 is 0 Å². The molecule has 0 bridgehead atoms. The van der Waals surface area contributed by atoms with Crippen molar-refractivity contribution < 1.29 is 49.0 Å². The first-order valence-corrected chi connectivity index (χ1v) is 20.3. The second kappa shape index (κ2) is 19.1. The minimum Gasteiger partial charge on any atom is -0.504 e. The summed E-state index contributed by atoms with van der Waals surface area (Å²) in [5.74, 6) is -0.667. The molecule has 1 aromatic rings.